The van der Waals surface area contributed by atoms with Gasteiger partial charge in [0.05, 0.1) is 7.11 Å². The van der Waals surface area contributed by atoms with Gasteiger partial charge < -0.3 is 4.74 Å². The molecule has 0 aromatic heterocycles. The van der Waals surface area contributed by atoms with Crippen molar-refractivity contribution in [3.8, 4) is 5.75 Å². The molecule has 1 rings (SSSR count). The molecular formula is C10H12F3NO2. The molecule has 16 heavy (non-hydrogen) atoms. The number of hydrogen-bond acceptors (Lipinski definition) is 3. The Kier molecular flexibility index (Phi) is 4.57. The predicted molar refractivity (Wildman–Crippen MR) is 51.8 cm³/mol. The van der Waals surface area contributed by atoms with Crippen molar-refractivity contribution in [1.29, 1.82) is 0 Å². The van der Waals surface area contributed by atoms with E-state index in [9.17, 15) is 13.2 Å². The zero-order chi connectivity index (χ0) is 12.0. The Hall–Kier alpha value is -1.27. The number of rotatable bonds is 5. The highest BCUT2D eigenvalue weighted by Gasteiger charge is 2.27. The van der Waals surface area contributed by atoms with Crippen molar-refractivity contribution in [1.82, 2.24) is 5.48 Å². The molecule has 0 aliphatic heterocycles. The minimum atomic E-state index is -4.32. The van der Waals surface area contributed by atoms with E-state index in [0.29, 0.717) is 5.75 Å². The highest BCUT2D eigenvalue weighted by atomic mass is 19.4. The van der Waals surface area contributed by atoms with Gasteiger partial charge >= 0.3 is 6.18 Å². The van der Waals surface area contributed by atoms with Crippen molar-refractivity contribution in [3.63, 3.8) is 0 Å². The lowest BCUT2D eigenvalue weighted by molar-refractivity contribution is -0.190. The van der Waals surface area contributed by atoms with Crippen LogP contribution in [0.4, 0.5) is 13.2 Å². The maximum atomic E-state index is 11.7. The van der Waals surface area contributed by atoms with Gasteiger partial charge in [0.2, 0.25) is 0 Å². The zero-order valence-electron chi connectivity index (χ0n) is 8.67. The molecule has 0 radical (unpaired) electrons. The first-order valence-electron chi connectivity index (χ1n) is 4.55. The van der Waals surface area contributed by atoms with Gasteiger partial charge in [0.15, 0.2) is 6.61 Å². The Bertz CT molecular complexity index is 328. The lowest BCUT2D eigenvalue weighted by Gasteiger charge is -2.09. The number of ether oxygens (including phenoxy) is 1. The zero-order valence-corrected chi connectivity index (χ0v) is 8.67. The molecule has 3 nitrogen and oxygen atoms in total. The Morgan fingerprint density at radius 2 is 2.06 bits per heavy atom. The number of benzene rings is 1. The Morgan fingerprint density at radius 3 is 2.69 bits per heavy atom. The second-order valence-electron chi connectivity index (χ2n) is 3.08. The van der Waals surface area contributed by atoms with E-state index in [0.717, 1.165) is 5.56 Å². The molecule has 0 bridgehead atoms. The summed E-state index contributed by atoms with van der Waals surface area (Å²) in [5.41, 5.74) is 3.01. The number of hydroxylamine groups is 1. The molecule has 0 saturated heterocycles. The smallest absolute Gasteiger partial charge is 0.413 e. The minimum Gasteiger partial charge on any atom is -0.497 e. The fourth-order valence-corrected chi connectivity index (χ4v) is 1.05. The Labute approximate surface area is 91.1 Å². The van der Waals surface area contributed by atoms with Gasteiger partial charge in [-0.15, -0.1) is 0 Å². The van der Waals surface area contributed by atoms with Crippen LogP contribution in [0.15, 0.2) is 24.3 Å². The van der Waals surface area contributed by atoms with Crippen LogP contribution in [0.2, 0.25) is 0 Å². The van der Waals surface area contributed by atoms with Gasteiger partial charge in [-0.1, -0.05) is 12.1 Å². The minimum absolute atomic E-state index is 0.188. The van der Waals surface area contributed by atoms with Crippen LogP contribution in [-0.2, 0) is 11.4 Å². The molecule has 0 aliphatic rings. The van der Waals surface area contributed by atoms with Gasteiger partial charge in [0.25, 0.3) is 0 Å². The van der Waals surface area contributed by atoms with Crippen LogP contribution in [0.3, 0.4) is 0 Å². The number of hydrogen-bond donors (Lipinski definition) is 1. The van der Waals surface area contributed by atoms with Crippen molar-refractivity contribution in [2.45, 2.75) is 12.7 Å². The van der Waals surface area contributed by atoms with E-state index in [4.69, 9.17) is 4.74 Å². The van der Waals surface area contributed by atoms with E-state index in [1.54, 1.807) is 24.3 Å². The second-order valence-corrected chi connectivity index (χ2v) is 3.08. The summed E-state index contributed by atoms with van der Waals surface area (Å²) < 4.78 is 40.1. The standard InChI is InChI=1S/C10H12F3NO2/c1-15-9-4-2-3-8(5-9)6-14-16-7-10(11,12)13/h2-5,14H,6-7H2,1H3. The van der Waals surface area contributed by atoms with Gasteiger partial charge in [0, 0.05) is 6.54 Å². The number of alkyl halides is 3. The lowest BCUT2D eigenvalue weighted by atomic mass is 10.2. The number of nitrogens with one attached hydrogen (secondary N) is 1. The average Bonchev–Trinajstić information content (AvgIpc) is 2.23. The molecule has 0 heterocycles. The summed E-state index contributed by atoms with van der Waals surface area (Å²) in [6, 6.07) is 6.97. The molecule has 6 heteroatoms. The molecule has 1 aromatic rings. The number of halogens is 3. The molecule has 0 fully saturated rings. The van der Waals surface area contributed by atoms with E-state index in [1.807, 2.05) is 0 Å². The largest absolute Gasteiger partial charge is 0.497 e. The molecular weight excluding hydrogens is 223 g/mol. The van der Waals surface area contributed by atoms with Crippen LogP contribution < -0.4 is 10.2 Å². The van der Waals surface area contributed by atoms with E-state index in [2.05, 4.69) is 10.3 Å². The lowest BCUT2D eigenvalue weighted by Crippen LogP contribution is -2.24. The monoisotopic (exact) mass is 235 g/mol. The molecule has 0 unspecified atom stereocenters. The third-order valence-corrected chi connectivity index (χ3v) is 1.75. The quantitative estimate of drug-likeness (QED) is 0.627. The molecule has 90 valence electrons. The summed E-state index contributed by atoms with van der Waals surface area (Å²) in [6.07, 6.45) is -4.32. The fraction of sp³-hybridized carbons (Fsp3) is 0.400. The summed E-state index contributed by atoms with van der Waals surface area (Å²) >= 11 is 0. The third-order valence-electron chi connectivity index (χ3n) is 1.75. The van der Waals surface area contributed by atoms with E-state index in [1.165, 1.54) is 7.11 Å². The van der Waals surface area contributed by atoms with Gasteiger partial charge in [-0.05, 0) is 17.7 Å². The molecule has 0 spiro atoms. The van der Waals surface area contributed by atoms with Crippen LogP contribution >= 0.6 is 0 Å². The first kappa shape index (κ1) is 12.8. The molecule has 0 saturated carbocycles. The Balaban J connectivity index is 2.32. The highest BCUT2D eigenvalue weighted by molar-refractivity contribution is 5.28. The van der Waals surface area contributed by atoms with Crippen LogP contribution in [0.1, 0.15) is 5.56 Å². The molecule has 0 atom stereocenters. The second kappa shape index (κ2) is 5.72. The van der Waals surface area contributed by atoms with Crippen molar-refractivity contribution < 1.29 is 22.7 Å². The SMILES string of the molecule is COc1cccc(CNOCC(F)(F)F)c1. The predicted octanol–water partition coefficient (Wildman–Crippen LogP) is 2.28. The molecule has 1 aromatic carbocycles. The Morgan fingerprint density at radius 1 is 1.31 bits per heavy atom. The first-order chi connectivity index (χ1) is 7.51. The molecule has 0 aliphatic carbocycles. The highest BCUT2D eigenvalue weighted by Crippen LogP contribution is 2.14. The third kappa shape index (κ3) is 4.99. The molecule has 1 N–H and O–H groups in total. The summed E-state index contributed by atoms with van der Waals surface area (Å²) in [5, 5.41) is 0. The van der Waals surface area contributed by atoms with Gasteiger partial charge in [-0.2, -0.15) is 18.7 Å². The van der Waals surface area contributed by atoms with Crippen molar-refractivity contribution in [2.75, 3.05) is 13.7 Å². The fourth-order valence-electron chi connectivity index (χ4n) is 1.05. The summed E-state index contributed by atoms with van der Waals surface area (Å²) in [7, 11) is 1.52. The number of methoxy groups -OCH3 is 1. The van der Waals surface area contributed by atoms with E-state index in [-0.39, 0.29) is 6.54 Å². The van der Waals surface area contributed by atoms with E-state index < -0.39 is 12.8 Å². The van der Waals surface area contributed by atoms with Gasteiger partial charge in [-0.3, -0.25) is 4.84 Å². The maximum Gasteiger partial charge on any atom is 0.413 e. The van der Waals surface area contributed by atoms with Gasteiger partial charge in [0.1, 0.15) is 5.75 Å². The van der Waals surface area contributed by atoms with Crippen LogP contribution in [0.25, 0.3) is 0 Å². The summed E-state index contributed by atoms with van der Waals surface area (Å²) in [5.74, 6) is 0.648. The van der Waals surface area contributed by atoms with E-state index >= 15 is 0 Å². The average molecular weight is 235 g/mol. The summed E-state index contributed by atoms with van der Waals surface area (Å²) in [6.45, 7) is -1.12. The van der Waals surface area contributed by atoms with Crippen molar-refractivity contribution in [3.05, 3.63) is 29.8 Å². The van der Waals surface area contributed by atoms with Crippen molar-refractivity contribution >= 4 is 0 Å². The first-order valence-corrected chi connectivity index (χ1v) is 4.55. The topological polar surface area (TPSA) is 30.5 Å². The van der Waals surface area contributed by atoms with Crippen molar-refractivity contribution in [2.24, 2.45) is 0 Å². The van der Waals surface area contributed by atoms with Crippen LogP contribution in [0.5, 0.6) is 5.75 Å². The summed E-state index contributed by atoms with van der Waals surface area (Å²) in [4.78, 5) is 4.26. The van der Waals surface area contributed by atoms with Gasteiger partial charge in [-0.25, -0.2) is 0 Å². The van der Waals surface area contributed by atoms with Crippen LogP contribution in [0, 0.1) is 0 Å². The van der Waals surface area contributed by atoms with Crippen LogP contribution in [-0.4, -0.2) is 19.9 Å². The molecule has 0 amide bonds. The maximum absolute atomic E-state index is 11.7. The normalized spacial score (nSPS) is 11.5.